The van der Waals surface area contributed by atoms with Crippen molar-refractivity contribution in [2.45, 2.75) is 19.4 Å². The molecule has 1 aliphatic heterocycles. The van der Waals surface area contributed by atoms with Gasteiger partial charge in [-0.3, -0.25) is 4.90 Å². The summed E-state index contributed by atoms with van der Waals surface area (Å²) in [7, 11) is 0. The van der Waals surface area contributed by atoms with Gasteiger partial charge < -0.3 is 9.52 Å². The first-order valence-electron chi connectivity index (χ1n) is 8.39. The lowest BCUT2D eigenvalue weighted by atomic mass is 10.0. The summed E-state index contributed by atoms with van der Waals surface area (Å²) in [6.45, 7) is 2.60. The number of phenols is 1. The average Bonchev–Trinajstić information content (AvgIpc) is 3.11. The lowest BCUT2D eigenvalue weighted by Crippen LogP contribution is -2.19. The molecule has 3 aromatic rings. The molecule has 1 saturated heterocycles. The number of hydrogen-bond donors (Lipinski definition) is 1. The molecule has 2 aromatic carbocycles. The van der Waals surface area contributed by atoms with Crippen LogP contribution in [0.4, 0.5) is 0 Å². The van der Waals surface area contributed by atoms with Crippen LogP contribution in [-0.2, 0) is 6.54 Å². The highest BCUT2D eigenvalue weighted by Gasteiger charge is 2.18. The summed E-state index contributed by atoms with van der Waals surface area (Å²) in [6.07, 6.45) is 2.33. The van der Waals surface area contributed by atoms with Gasteiger partial charge in [0.2, 0.25) is 0 Å². The molecule has 1 aliphatic rings. The minimum absolute atomic E-state index is 0.168. The summed E-state index contributed by atoms with van der Waals surface area (Å²) in [5.74, 6) is 0.168. The summed E-state index contributed by atoms with van der Waals surface area (Å²) in [6, 6.07) is 12.3. The molecule has 1 N–H and O–H groups in total. The Bertz CT molecular complexity index is 973. The first-order chi connectivity index (χ1) is 12.1. The quantitative estimate of drug-likeness (QED) is 0.707. The summed E-state index contributed by atoms with van der Waals surface area (Å²) in [5, 5.41) is 11.7. The van der Waals surface area contributed by atoms with Crippen molar-refractivity contribution in [1.29, 1.82) is 0 Å². The topological polar surface area (TPSA) is 53.7 Å². The Hall–Kier alpha value is -2.30. The monoisotopic (exact) mass is 355 g/mol. The van der Waals surface area contributed by atoms with E-state index in [-0.39, 0.29) is 5.75 Å². The molecule has 1 aromatic heterocycles. The highest BCUT2D eigenvalue weighted by atomic mass is 35.5. The van der Waals surface area contributed by atoms with Gasteiger partial charge in [-0.25, -0.2) is 4.79 Å². The third kappa shape index (κ3) is 3.15. The van der Waals surface area contributed by atoms with Gasteiger partial charge in [-0.1, -0.05) is 23.7 Å². The lowest BCUT2D eigenvalue weighted by molar-refractivity contribution is 0.323. The van der Waals surface area contributed by atoms with Gasteiger partial charge in [0.25, 0.3) is 0 Å². The summed E-state index contributed by atoms with van der Waals surface area (Å²) < 4.78 is 5.62. The van der Waals surface area contributed by atoms with Crippen molar-refractivity contribution in [2.24, 2.45) is 0 Å². The van der Waals surface area contributed by atoms with Gasteiger partial charge in [0.1, 0.15) is 11.3 Å². The van der Waals surface area contributed by atoms with Gasteiger partial charge in [-0.2, -0.15) is 0 Å². The molecule has 2 heterocycles. The smallest absolute Gasteiger partial charge is 0.344 e. The molecule has 0 amide bonds. The molecular weight excluding hydrogens is 338 g/mol. The van der Waals surface area contributed by atoms with Gasteiger partial charge >= 0.3 is 5.63 Å². The molecule has 25 heavy (non-hydrogen) atoms. The molecule has 128 valence electrons. The Morgan fingerprint density at radius 1 is 1.08 bits per heavy atom. The predicted octanol–water partition coefficient (Wildman–Crippen LogP) is 4.41. The number of nitrogens with zero attached hydrogens (tertiary/aromatic N) is 1. The molecule has 0 unspecified atom stereocenters. The molecule has 4 rings (SSSR count). The summed E-state index contributed by atoms with van der Waals surface area (Å²) >= 11 is 5.92. The Balaban J connectivity index is 1.82. The van der Waals surface area contributed by atoms with Crippen LogP contribution in [-0.4, -0.2) is 23.1 Å². The van der Waals surface area contributed by atoms with Crippen LogP contribution >= 0.6 is 11.6 Å². The van der Waals surface area contributed by atoms with E-state index in [4.69, 9.17) is 16.0 Å². The number of fused-ring (bicyclic) bond motifs is 1. The third-order valence-electron chi connectivity index (χ3n) is 4.72. The maximum atomic E-state index is 12.5. The number of benzene rings is 2. The Labute approximate surface area is 150 Å². The van der Waals surface area contributed by atoms with Crippen LogP contribution in [0.2, 0.25) is 5.02 Å². The van der Waals surface area contributed by atoms with E-state index in [1.165, 1.54) is 0 Å². The standard InChI is InChI=1S/C20H18ClNO3/c21-15-6-3-13(4-7-15)16-11-14-5-8-18(23)17(19(14)25-20(16)24)12-22-9-1-2-10-22/h3-8,11,23H,1-2,9-10,12H2. The fourth-order valence-corrected chi connectivity index (χ4v) is 3.51. The minimum atomic E-state index is -0.414. The van der Waals surface area contributed by atoms with Crippen LogP contribution in [0.3, 0.4) is 0 Å². The molecule has 0 bridgehead atoms. The lowest BCUT2D eigenvalue weighted by Gasteiger charge is -2.16. The summed E-state index contributed by atoms with van der Waals surface area (Å²) in [4.78, 5) is 14.8. The highest BCUT2D eigenvalue weighted by Crippen LogP contribution is 2.31. The van der Waals surface area contributed by atoms with Gasteiger partial charge in [0.15, 0.2) is 0 Å². The minimum Gasteiger partial charge on any atom is -0.507 e. The molecule has 0 radical (unpaired) electrons. The van der Waals surface area contributed by atoms with E-state index in [2.05, 4.69) is 4.90 Å². The number of halogens is 1. The van der Waals surface area contributed by atoms with Crippen molar-refractivity contribution in [3.05, 3.63) is 63.5 Å². The van der Waals surface area contributed by atoms with Crippen LogP contribution in [0.15, 0.2) is 51.7 Å². The van der Waals surface area contributed by atoms with Gasteiger partial charge in [-0.15, -0.1) is 0 Å². The van der Waals surface area contributed by atoms with E-state index in [9.17, 15) is 9.90 Å². The zero-order valence-electron chi connectivity index (χ0n) is 13.7. The first kappa shape index (κ1) is 16.2. The number of likely N-dealkylation sites (tertiary alicyclic amines) is 1. The fraction of sp³-hybridized carbons (Fsp3) is 0.250. The Morgan fingerprint density at radius 3 is 2.52 bits per heavy atom. The largest absolute Gasteiger partial charge is 0.507 e. The van der Waals surface area contributed by atoms with E-state index < -0.39 is 5.63 Å². The van der Waals surface area contributed by atoms with Gasteiger partial charge in [-0.05, 0) is 61.8 Å². The van der Waals surface area contributed by atoms with Crippen LogP contribution in [0.5, 0.6) is 5.75 Å². The molecule has 1 fully saturated rings. The second kappa shape index (κ2) is 6.54. The number of aromatic hydroxyl groups is 1. The Kier molecular flexibility index (Phi) is 4.24. The second-order valence-electron chi connectivity index (χ2n) is 6.42. The molecule has 4 nitrogen and oxygen atoms in total. The van der Waals surface area contributed by atoms with E-state index in [0.717, 1.165) is 36.9 Å². The third-order valence-corrected chi connectivity index (χ3v) is 4.97. The van der Waals surface area contributed by atoms with E-state index in [1.807, 2.05) is 6.07 Å². The average molecular weight is 356 g/mol. The van der Waals surface area contributed by atoms with Crippen molar-refractivity contribution in [3.63, 3.8) is 0 Å². The molecule has 0 aliphatic carbocycles. The van der Waals surface area contributed by atoms with E-state index >= 15 is 0 Å². The molecule has 5 heteroatoms. The van der Waals surface area contributed by atoms with Crippen molar-refractivity contribution in [2.75, 3.05) is 13.1 Å². The number of rotatable bonds is 3. The normalized spacial score (nSPS) is 15.1. The molecular formula is C20H18ClNO3. The predicted molar refractivity (Wildman–Crippen MR) is 99.1 cm³/mol. The maximum Gasteiger partial charge on any atom is 0.344 e. The van der Waals surface area contributed by atoms with Gasteiger partial charge in [0, 0.05) is 17.0 Å². The SMILES string of the molecule is O=c1oc2c(CN3CCCC3)c(O)ccc2cc1-c1ccc(Cl)cc1. The second-order valence-corrected chi connectivity index (χ2v) is 6.86. The van der Waals surface area contributed by atoms with Gasteiger partial charge in [0.05, 0.1) is 11.1 Å². The zero-order chi connectivity index (χ0) is 17.4. The van der Waals surface area contributed by atoms with Crippen molar-refractivity contribution in [3.8, 4) is 16.9 Å². The van der Waals surface area contributed by atoms with Crippen LogP contribution in [0, 0.1) is 0 Å². The Morgan fingerprint density at radius 2 is 1.80 bits per heavy atom. The highest BCUT2D eigenvalue weighted by molar-refractivity contribution is 6.30. The van der Waals surface area contributed by atoms with Crippen molar-refractivity contribution in [1.82, 2.24) is 4.90 Å². The van der Waals surface area contributed by atoms with Crippen molar-refractivity contribution < 1.29 is 9.52 Å². The molecule has 0 saturated carbocycles. The zero-order valence-corrected chi connectivity index (χ0v) is 14.4. The number of phenolic OH excluding ortho intramolecular Hbond substituents is 1. The molecule has 0 atom stereocenters. The maximum absolute atomic E-state index is 12.5. The van der Waals surface area contributed by atoms with E-state index in [1.54, 1.807) is 36.4 Å². The van der Waals surface area contributed by atoms with Crippen LogP contribution < -0.4 is 5.63 Å². The summed E-state index contributed by atoms with van der Waals surface area (Å²) in [5.41, 5.74) is 1.98. The number of hydrogen-bond acceptors (Lipinski definition) is 4. The van der Waals surface area contributed by atoms with Crippen LogP contribution in [0.1, 0.15) is 18.4 Å². The molecule has 0 spiro atoms. The van der Waals surface area contributed by atoms with Crippen LogP contribution in [0.25, 0.3) is 22.1 Å². The van der Waals surface area contributed by atoms with Crippen molar-refractivity contribution >= 4 is 22.6 Å². The van der Waals surface area contributed by atoms with E-state index in [0.29, 0.717) is 28.3 Å². The fourth-order valence-electron chi connectivity index (χ4n) is 3.38. The first-order valence-corrected chi connectivity index (χ1v) is 8.76.